The molecule has 0 radical (unpaired) electrons. The number of ether oxygens (including phenoxy) is 1. The van der Waals surface area contributed by atoms with Gasteiger partial charge in [0, 0.05) is 61.9 Å². The standard InChI is InChI=1S/C23H19ClF2N6O2/c24-21-22(28-6-5-27-21)34-16-3-1-15(2-4-16)31-7-9-32(10-8-31)23(33)30-19-13-29-20-17(19)11-14(25)12-18(20)26/h1-6,11-13,29H,7-10H2,(H,30,33). The van der Waals surface area contributed by atoms with Crippen LogP contribution in [0.4, 0.5) is 25.0 Å². The van der Waals surface area contributed by atoms with E-state index < -0.39 is 11.6 Å². The van der Waals surface area contributed by atoms with Crippen LogP contribution in [-0.4, -0.2) is 52.1 Å². The number of hydrogen-bond acceptors (Lipinski definition) is 5. The molecule has 11 heteroatoms. The van der Waals surface area contributed by atoms with Gasteiger partial charge in [0.1, 0.15) is 17.4 Å². The number of fused-ring (bicyclic) bond motifs is 1. The summed E-state index contributed by atoms with van der Waals surface area (Å²) in [5.74, 6) is -0.599. The van der Waals surface area contributed by atoms with Crippen LogP contribution in [0.15, 0.2) is 55.0 Å². The molecule has 1 aliphatic heterocycles. The number of benzene rings is 2. The van der Waals surface area contributed by atoms with Crippen molar-refractivity contribution in [3.8, 4) is 11.6 Å². The Balaban J connectivity index is 1.19. The van der Waals surface area contributed by atoms with Crippen molar-refractivity contribution in [2.45, 2.75) is 0 Å². The number of rotatable bonds is 4. The lowest BCUT2D eigenvalue weighted by Crippen LogP contribution is -2.50. The fourth-order valence-corrected chi connectivity index (χ4v) is 3.98. The number of nitrogens with one attached hydrogen (secondary N) is 2. The van der Waals surface area contributed by atoms with Crippen LogP contribution in [0.2, 0.25) is 5.15 Å². The van der Waals surface area contributed by atoms with E-state index in [-0.39, 0.29) is 28.0 Å². The molecule has 0 atom stereocenters. The van der Waals surface area contributed by atoms with E-state index >= 15 is 0 Å². The molecule has 1 fully saturated rings. The maximum atomic E-state index is 13.9. The summed E-state index contributed by atoms with van der Waals surface area (Å²) in [5.41, 5.74) is 1.47. The van der Waals surface area contributed by atoms with E-state index in [1.165, 1.54) is 24.7 Å². The van der Waals surface area contributed by atoms with E-state index in [9.17, 15) is 13.6 Å². The number of nitrogens with zero attached hydrogens (tertiary/aromatic N) is 4. The number of urea groups is 1. The predicted molar refractivity (Wildman–Crippen MR) is 125 cm³/mol. The van der Waals surface area contributed by atoms with Crippen molar-refractivity contribution in [2.24, 2.45) is 0 Å². The van der Waals surface area contributed by atoms with Crippen molar-refractivity contribution in [3.05, 3.63) is 71.8 Å². The minimum Gasteiger partial charge on any atom is -0.436 e. The van der Waals surface area contributed by atoms with Gasteiger partial charge < -0.3 is 24.8 Å². The number of halogens is 3. The number of hydrogen-bond donors (Lipinski definition) is 2. The van der Waals surface area contributed by atoms with Crippen LogP contribution >= 0.6 is 11.6 Å². The highest BCUT2D eigenvalue weighted by Crippen LogP contribution is 2.28. The number of H-pyrrole nitrogens is 1. The molecule has 34 heavy (non-hydrogen) atoms. The van der Waals surface area contributed by atoms with E-state index in [1.54, 1.807) is 4.90 Å². The monoisotopic (exact) mass is 484 g/mol. The number of anilines is 2. The van der Waals surface area contributed by atoms with Gasteiger partial charge in [-0.1, -0.05) is 11.6 Å². The Morgan fingerprint density at radius 3 is 2.53 bits per heavy atom. The number of aromatic nitrogens is 3. The van der Waals surface area contributed by atoms with Crippen LogP contribution in [0.1, 0.15) is 0 Å². The first-order valence-corrected chi connectivity index (χ1v) is 10.9. The van der Waals surface area contributed by atoms with E-state index in [4.69, 9.17) is 16.3 Å². The van der Waals surface area contributed by atoms with E-state index in [1.807, 2.05) is 24.3 Å². The normalized spacial score (nSPS) is 13.9. The van der Waals surface area contributed by atoms with Crippen LogP contribution in [0, 0.1) is 11.6 Å². The first kappa shape index (κ1) is 21.9. The minimum atomic E-state index is -0.708. The van der Waals surface area contributed by atoms with Crippen LogP contribution in [0.25, 0.3) is 10.9 Å². The third-order valence-corrected chi connectivity index (χ3v) is 5.81. The van der Waals surface area contributed by atoms with Crippen molar-refractivity contribution in [2.75, 3.05) is 36.4 Å². The van der Waals surface area contributed by atoms with Gasteiger partial charge >= 0.3 is 6.03 Å². The molecule has 2 amide bonds. The lowest BCUT2D eigenvalue weighted by molar-refractivity contribution is 0.208. The Bertz CT molecular complexity index is 1340. The summed E-state index contributed by atoms with van der Waals surface area (Å²) in [6.07, 6.45) is 4.44. The Labute approximate surface area is 198 Å². The average molecular weight is 485 g/mol. The summed E-state index contributed by atoms with van der Waals surface area (Å²) in [7, 11) is 0. The Kier molecular flexibility index (Phi) is 5.89. The van der Waals surface area contributed by atoms with E-state index in [0.717, 1.165) is 11.8 Å². The lowest BCUT2D eigenvalue weighted by Gasteiger charge is -2.36. The molecular formula is C23H19ClF2N6O2. The number of piperazine rings is 1. The molecule has 174 valence electrons. The molecule has 2 N–H and O–H groups in total. The first-order chi connectivity index (χ1) is 16.5. The molecule has 1 aliphatic rings. The van der Waals surface area contributed by atoms with Gasteiger partial charge in [-0.3, -0.25) is 0 Å². The third kappa shape index (κ3) is 4.44. The van der Waals surface area contributed by atoms with E-state index in [0.29, 0.717) is 37.6 Å². The van der Waals surface area contributed by atoms with Gasteiger partial charge in [-0.25, -0.2) is 23.5 Å². The number of carbonyl (C=O) groups excluding carboxylic acids is 1. The average Bonchev–Trinajstić information content (AvgIpc) is 3.24. The quantitative estimate of drug-likeness (QED) is 0.424. The molecule has 2 aromatic heterocycles. The van der Waals surface area contributed by atoms with Crippen LogP contribution in [-0.2, 0) is 0 Å². The van der Waals surface area contributed by atoms with Crippen molar-refractivity contribution in [1.82, 2.24) is 19.9 Å². The Hall–Kier alpha value is -3.92. The molecule has 8 nitrogen and oxygen atoms in total. The largest absolute Gasteiger partial charge is 0.436 e. The Morgan fingerprint density at radius 2 is 1.79 bits per heavy atom. The lowest BCUT2D eigenvalue weighted by atomic mass is 10.2. The van der Waals surface area contributed by atoms with E-state index in [2.05, 4.69) is 25.2 Å². The van der Waals surface area contributed by atoms with Crippen LogP contribution in [0.5, 0.6) is 11.6 Å². The predicted octanol–water partition coefficient (Wildman–Crippen LogP) is 5.04. The number of aromatic amines is 1. The van der Waals surface area contributed by atoms with Crippen molar-refractivity contribution in [1.29, 1.82) is 0 Å². The van der Waals surface area contributed by atoms with Crippen LogP contribution < -0.4 is 15.0 Å². The maximum Gasteiger partial charge on any atom is 0.322 e. The number of carbonyl (C=O) groups is 1. The fraction of sp³-hybridized carbons (Fsp3) is 0.174. The molecular weight excluding hydrogens is 466 g/mol. The second-order valence-corrected chi connectivity index (χ2v) is 8.02. The SMILES string of the molecule is O=C(Nc1c[nH]c2c(F)cc(F)cc12)N1CCN(c2ccc(Oc3nccnc3Cl)cc2)CC1. The Morgan fingerprint density at radius 1 is 1.06 bits per heavy atom. The van der Waals surface area contributed by atoms with Gasteiger partial charge in [0.05, 0.1) is 11.2 Å². The fourth-order valence-electron chi connectivity index (χ4n) is 3.83. The van der Waals surface area contributed by atoms with Gasteiger partial charge in [0.25, 0.3) is 5.88 Å². The smallest absolute Gasteiger partial charge is 0.322 e. The van der Waals surface area contributed by atoms with Crippen molar-refractivity contribution in [3.63, 3.8) is 0 Å². The van der Waals surface area contributed by atoms with Gasteiger partial charge in [-0.05, 0) is 30.3 Å². The molecule has 3 heterocycles. The van der Waals surface area contributed by atoms with Gasteiger partial charge in [-0.2, -0.15) is 0 Å². The topological polar surface area (TPSA) is 86.4 Å². The summed E-state index contributed by atoms with van der Waals surface area (Å²) < 4.78 is 33.2. The molecule has 0 spiro atoms. The summed E-state index contributed by atoms with van der Waals surface area (Å²) in [4.78, 5) is 27.3. The second-order valence-electron chi connectivity index (χ2n) is 7.67. The summed E-state index contributed by atoms with van der Waals surface area (Å²) in [6.45, 7) is 2.23. The van der Waals surface area contributed by atoms with Crippen molar-refractivity contribution < 1.29 is 18.3 Å². The molecule has 0 aliphatic carbocycles. The van der Waals surface area contributed by atoms with Crippen molar-refractivity contribution >= 4 is 39.9 Å². The molecule has 0 bridgehead atoms. The summed E-state index contributed by atoms with van der Waals surface area (Å²) in [6, 6.07) is 9.13. The number of amides is 2. The zero-order chi connectivity index (χ0) is 23.7. The second kappa shape index (κ2) is 9.14. The summed E-state index contributed by atoms with van der Waals surface area (Å²) >= 11 is 5.97. The molecule has 1 saturated heterocycles. The molecule has 0 saturated carbocycles. The first-order valence-electron chi connectivity index (χ1n) is 10.5. The van der Waals surface area contributed by atoms with Gasteiger partial charge in [0.2, 0.25) is 0 Å². The molecule has 0 unspecified atom stereocenters. The minimum absolute atomic E-state index is 0.149. The maximum absolute atomic E-state index is 13.9. The van der Waals surface area contributed by atoms with Gasteiger partial charge in [0.15, 0.2) is 5.15 Å². The highest BCUT2D eigenvalue weighted by Gasteiger charge is 2.22. The zero-order valence-electron chi connectivity index (χ0n) is 17.8. The molecule has 2 aromatic carbocycles. The molecule has 5 rings (SSSR count). The molecule has 4 aromatic rings. The summed E-state index contributed by atoms with van der Waals surface area (Å²) in [5, 5.41) is 3.22. The zero-order valence-corrected chi connectivity index (χ0v) is 18.5. The highest BCUT2D eigenvalue weighted by atomic mass is 35.5. The third-order valence-electron chi connectivity index (χ3n) is 5.55. The highest BCUT2D eigenvalue weighted by molar-refractivity contribution is 6.30. The van der Waals surface area contributed by atoms with Gasteiger partial charge in [-0.15, -0.1) is 0 Å². The van der Waals surface area contributed by atoms with Crippen LogP contribution in [0.3, 0.4) is 0 Å².